The van der Waals surface area contributed by atoms with E-state index < -0.39 is 5.24 Å². The number of nitrogens with one attached hydrogen (secondary N) is 1. The van der Waals surface area contributed by atoms with E-state index in [0.29, 0.717) is 23.6 Å². The first-order valence-electron chi connectivity index (χ1n) is 4.82. The molecule has 0 heterocycles. The van der Waals surface area contributed by atoms with Crippen molar-refractivity contribution in [1.82, 2.24) is 5.32 Å². The summed E-state index contributed by atoms with van der Waals surface area (Å²) in [6.45, 7) is 0.405. The van der Waals surface area contributed by atoms with Crippen LogP contribution >= 0.6 is 23.2 Å². The van der Waals surface area contributed by atoms with E-state index in [0.717, 1.165) is 0 Å². The van der Waals surface area contributed by atoms with Gasteiger partial charge in [0.2, 0.25) is 5.24 Å². The minimum atomic E-state index is -0.396. The van der Waals surface area contributed by atoms with Crippen molar-refractivity contribution in [2.24, 2.45) is 0 Å². The largest absolute Gasteiger partial charge is 0.352 e. The number of rotatable bonds is 5. The number of halogens is 2. The second-order valence-electron chi connectivity index (χ2n) is 3.19. The molecule has 86 valence electrons. The second-order valence-corrected chi connectivity index (χ2v) is 4.02. The van der Waals surface area contributed by atoms with Crippen LogP contribution in [0.3, 0.4) is 0 Å². The van der Waals surface area contributed by atoms with Crippen molar-refractivity contribution < 1.29 is 9.59 Å². The first-order chi connectivity index (χ1) is 7.61. The normalized spacial score (nSPS) is 9.88. The molecule has 0 bridgehead atoms. The van der Waals surface area contributed by atoms with Gasteiger partial charge in [-0.3, -0.25) is 9.59 Å². The third kappa shape index (κ3) is 4.21. The van der Waals surface area contributed by atoms with Gasteiger partial charge in [-0.15, -0.1) is 0 Å². The summed E-state index contributed by atoms with van der Waals surface area (Å²) in [5.41, 5.74) is 0.432. The summed E-state index contributed by atoms with van der Waals surface area (Å²) in [4.78, 5) is 22.0. The lowest BCUT2D eigenvalue weighted by atomic mass is 10.2. The Morgan fingerprint density at radius 2 is 1.94 bits per heavy atom. The number of carbonyl (C=O) groups excluding carboxylic acids is 2. The molecule has 1 aromatic carbocycles. The van der Waals surface area contributed by atoms with Gasteiger partial charge in [0.25, 0.3) is 5.91 Å². The van der Waals surface area contributed by atoms with Crippen molar-refractivity contribution in [1.29, 1.82) is 0 Å². The topological polar surface area (TPSA) is 46.2 Å². The molecule has 0 saturated carbocycles. The van der Waals surface area contributed by atoms with Crippen LogP contribution in [0, 0.1) is 0 Å². The predicted molar refractivity (Wildman–Crippen MR) is 63.9 cm³/mol. The zero-order valence-electron chi connectivity index (χ0n) is 8.50. The molecule has 16 heavy (non-hydrogen) atoms. The number of benzene rings is 1. The third-order valence-electron chi connectivity index (χ3n) is 1.95. The van der Waals surface area contributed by atoms with Gasteiger partial charge in [-0.05, 0) is 30.2 Å². The smallest absolute Gasteiger partial charge is 0.252 e. The lowest BCUT2D eigenvalue weighted by Gasteiger charge is -2.05. The van der Waals surface area contributed by atoms with E-state index in [9.17, 15) is 9.59 Å². The molecule has 0 radical (unpaired) electrons. The average Bonchev–Trinajstić information content (AvgIpc) is 2.24. The van der Waals surface area contributed by atoms with E-state index in [4.69, 9.17) is 23.2 Å². The molecule has 1 rings (SSSR count). The molecule has 0 aromatic heterocycles. The predicted octanol–water partition coefficient (Wildman–Crippen LogP) is 2.62. The van der Waals surface area contributed by atoms with Gasteiger partial charge in [0, 0.05) is 13.0 Å². The maximum absolute atomic E-state index is 11.6. The van der Waals surface area contributed by atoms with E-state index in [-0.39, 0.29) is 12.3 Å². The zero-order chi connectivity index (χ0) is 12.0. The van der Waals surface area contributed by atoms with Crippen LogP contribution in [0.2, 0.25) is 5.02 Å². The Kier molecular flexibility index (Phi) is 5.29. The molecule has 3 nitrogen and oxygen atoms in total. The molecule has 1 amide bonds. The maximum atomic E-state index is 11.6. The van der Waals surface area contributed by atoms with E-state index in [2.05, 4.69) is 5.32 Å². The van der Waals surface area contributed by atoms with Crippen LogP contribution in [-0.4, -0.2) is 17.7 Å². The highest BCUT2D eigenvalue weighted by Gasteiger charge is 2.08. The number of hydrogen-bond acceptors (Lipinski definition) is 2. The second kappa shape index (κ2) is 6.51. The summed E-state index contributed by atoms with van der Waals surface area (Å²) in [5, 5.41) is 2.68. The van der Waals surface area contributed by atoms with Crippen LogP contribution in [0.25, 0.3) is 0 Å². The number of hydrogen-bond donors (Lipinski definition) is 1. The maximum Gasteiger partial charge on any atom is 0.252 e. The summed E-state index contributed by atoms with van der Waals surface area (Å²) >= 11 is 11.0. The molecule has 0 fully saturated rings. The lowest BCUT2D eigenvalue weighted by molar-refractivity contribution is -0.111. The molecule has 0 aliphatic rings. The van der Waals surface area contributed by atoms with E-state index in [1.165, 1.54) is 0 Å². The molecular formula is C11H11Cl2NO2. The lowest BCUT2D eigenvalue weighted by Crippen LogP contribution is -2.24. The number of carbonyl (C=O) groups is 2. The van der Waals surface area contributed by atoms with Gasteiger partial charge in [-0.2, -0.15) is 0 Å². The minimum Gasteiger partial charge on any atom is -0.352 e. The van der Waals surface area contributed by atoms with Crippen molar-refractivity contribution in [2.45, 2.75) is 12.8 Å². The fraction of sp³-hybridized carbons (Fsp3) is 0.273. The minimum absolute atomic E-state index is 0.243. The van der Waals surface area contributed by atoms with Crippen molar-refractivity contribution in [3.8, 4) is 0 Å². The van der Waals surface area contributed by atoms with Gasteiger partial charge in [-0.1, -0.05) is 23.7 Å². The molecule has 1 N–H and O–H groups in total. The van der Waals surface area contributed by atoms with Crippen molar-refractivity contribution in [2.75, 3.05) is 6.54 Å². The molecule has 0 aliphatic heterocycles. The monoisotopic (exact) mass is 259 g/mol. The first kappa shape index (κ1) is 13.0. The Morgan fingerprint density at radius 1 is 1.25 bits per heavy atom. The first-order valence-corrected chi connectivity index (χ1v) is 5.58. The van der Waals surface area contributed by atoms with Gasteiger partial charge >= 0.3 is 0 Å². The summed E-state index contributed by atoms with van der Waals surface area (Å²) < 4.78 is 0. The molecule has 0 saturated heterocycles. The third-order valence-corrected chi connectivity index (χ3v) is 2.47. The molecular weight excluding hydrogens is 249 g/mol. The van der Waals surface area contributed by atoms with Crippen molar-refractivity contribution >= 4 is 34.4 Å². The fourth-order valence-electron chi connectivity index (χ4n) is 1.17. The average molecular weight is 260 g/mol. The zero-order valence-corrected chi connectivity index (χ0v) is 10.0. The van der Waals surface area contributed by atoms with Gasteiger partial charge < -0.3 is 5.32 Å². The Morgan fingerprint density at radius 3 is 2.56 bits per heavy atom. The van der Waals surface area contributed by atoms with Gasteiger partial charge in [0.05, 0.1) is 10.6 Å². The molecule has 0 atom stereocenters. The molecule has 1 aromatic rings. The molecule has 5 heteroatoms. The summed E-state index contributed by atoms with van der Waals surface area (Å²) in [6.07, 6.45) is 0.781. The molecule has 0 spiro atoms. The fourth-order valence-corrected chi connectivity index (χ4v) is 1.53. The van der Waals surface area contributed by atoms with Crippen LogP contribution in [0.5, 0.6) is 0 Å². The van der Waals surface area contributed by atoms with Gasteiger partial charge in [0.15, 0.2) is 0 Å². The summed E-state index contributed by atoms with van der Waals surface area (Å²) in [6, 6.07) is 6.79. The molecule has 0 unspecified atom stereocenters. The van der Waals surface area contributed by atoms with Crippen molar-refractivity contribution in [3.05, 3.63) is 34.9 Å². The van der Waals surface area contributed by atoms with Crippen molar-refractivity contribution in [3.63, 3.8) is 0 Å². The van der Waals surface area contributed by atoms with Crippen LogP contribution in [0.15, 0.2) is 24.3 Å². The summed E-state index contributed by atoms with van der Waals surface area (Å²) in [5.74, 6) is -0.243. The quantitative estimate of drug-likeness (QED) is 0.653. The number of amides is 1. The van der Waals surface area contributed by atoms with Crippen LogP contribution in [-0.2, 0) is 4.79 Å². The van der Waals surface area contributed by atoms with E-state index in [1.807, 2.05) is 0 Å². The highest BCUT2D eigenvalue weighted by Crippen LogP contribution is 2.14. The Balaban J connectivity index is 2.41. The van der Waals surface area contributed by atoms with Crippen LogP contribution < -0.4 is 5.32 Å². The standard InChI is InChI=1S/C11H11Cl2NO2/c12-9-5-2-1-4-8(9)11(16)14-7-3-6-10(13)15/h1-2,4-5H,3,6-7H2,(H,14,16). The van der Waals surface area contributed by atoms with Crippen LogP contribution in [0.4, 0.5) is 0 Å². The SMILES string of the molecule is O=C(Cl)CCCNC(=O)c1ccccc1Cl. The van der Waals surface area contributed by atoms with E-state index in [1.54, 1.807) is 24.3 Å². The van der Waals surface area contributed by atoms with Crippen LogP contribution in [0.1, 0.15) is 23.2 Å². The highest BCUT2D eigenvalue weighted by atomic mass is 35.5. The Labute approximate surface area is 104 Å². The highest BCUT2D eigenvalue weighted by molar-refractivity contribution is 6.63. The van der Waals surface area contributed by atoms with Gasteiger partial charge in [0.1, 0.15) is 0 Å². The van der Waals surface area contributed by atoms with Gasteiger partial charge in [-0.25, -0.2) is 0 Å². The summed E-state index contributed by atoms with van der Waals surface area (Å²) in [7, 11) is 0. The Hall–Kier alpha value is -1.06. The Bertz CT molecular complexity index is 393. The molecule has 0 aliphatic carbocycles. The van der Waals surface area contributed by atoms with E-state index >= 15 is 0 Å².